The maximum absolute atomic E-state index is 11.4. The van der Waals surface area contributed by atoms with Crippen LogP contribution >= 0.6 is 11.6 Å². The summed E-state index contributed by atoms with van der Waals surface area (Å²) in [6.07, 6.45) is 1.62. The second kappa shape index (κ2) is 5.58. The van der Waals surface area contributed by atoms with E-state index in [2.05, 4.69) is 4.98 Å². The van der Waals surface area contributed by atoms with Gasteiger partial charge in [0.05, 0.1) is 0 Å². The van der Waals surface area contributed by atoms with Gasteiger partial charge in [-0.1, -0.05) is 17.7 Å². The lowest BCUT2D eigenvalue weighted by molar-refractivity contribution is 0.306. The molecule has 106 valence electrons. The Kier molecular flexibility index (Phi) is 3.62. The summed E-state index contributed by atoms with van der Waals surface area (Å²) in [6, 6.07) is 10.5. The zero-order valence-electron chi connectivity index (χ0n) is 11.3. The number of hydrogen-bond acceptors (Lipinski definition) is 4. The first kappa shape index (κ1) is 13.6. The molecule has 0 saturated carbocycles. The van der Waals surface area contributed by atoms with Crippen molar-refractivity contribution in [3.8, 4) is 5.75 Å². The summed E-state index contributed by atoms with van der Waals surface area (Å²) in [5, 5.41) is 1.31. The van der Waals surface area contributed by atoms with Crippen LogP contribution in [0.25, 0.3) is 11.0 Å². The fraction of sp³-hybridized carbons (Fsp3) is 0.125. The number of fused-ring (bicyclic) bond motifs is 1. The van der Waals surface area contributed by atoms with Crippen molar-refractivity contribution in [2.24, 2.45) is 0 Å². The molecular formula is C16H12ClNO3. The smallest absolute Gasteiger partial charge is 0.336 e. The first-order valence-electron chi connectivity index (χ1n) is 6.40. The average Bonchev–Trinajstić information content (AvgIpc) is 2.46. The number of halogens is 1. The van der Waals surface area contributed by atoms with Gasteiger partial charge in [0, 0.05) is 29.3 Å². The molecule has 21 heavy (non-hydrogen) atoms. The Morgan fingerprint density at radius 3 is 2.95 bits per heavy atom. The molecule has 0 bridgehead atoms. The van der Waals surface area contributed by atoms with E-state index in [1.165, 1.54) is 6.07 Å². The molecule has 2 aromatic heterocycles. The molecule has 0 saturated heterocycles. The van der Waals surface area contributed by atoms with Crippen LogP contribution in [0.5, 0.6) is 5.75 Å². The Balaban J connectivity index is 1.88. The van der Waals surface area contributed by atoms with E-state index in [1.807, 2.05) is 25.1 Å². The predicted octanol–water partition coefficient (Wildman–Crippen LogP) is 3.73. The number of pyridine rings is 1. The van der Waals surface area contributed by atoms with Crippen molar-refractivity contribution in [2.75, 3.05) is 0 Å². The number of ether oxygens (including phenoxy) is 1. The number of aromatic nitrogens is 1. The zero-order chi connectivity index (χ0) is 14.8. The molecule has 0 unspecified atom stereocenters. The third kappa shape index (κ3) is 2.90. The molecule has 2 heterocycles. The monoisotopic (exact) mass is 301 g/mol. The molecule has 0 spiro atoms. The van der Waals surface area contributed by atoms with E-state index in [9.17, 15) is 4.79 Å². The number of rotatable bonds is 3. The van der Waals surface area contributed by atoms with Crippen LogP contribution in [-0.4, -0.2) is 4.98 Å². The summed E-state index contributed by atoms with van der Waals surface area (Å²) in [5.74, 6) is 0.608. The van der Waals surface area contributed by atoms with Crippen LogP contribution in [0, 0.1) is 6.92 Å². The lowest BCUT2D eigenvalue weighted by Crippen LogP contribution is -1.99. The standard InChI is InChI=1S/C16H12ClNO3/c1-10-7-15(19)21-14-8-12(4-5-13(10)14)20-9-11-3-2-6-18-16(11)17/h2-8H,9H2,1H3. The highest BCUT2D eigenvalue weighted by Gasteiger charge is 2.05. The minimum Gasteiger partial charge on any atom is -0.489 e. The summed E-state index contributed by atoms with van der Waals surface area (Å²) in [5.41, 5.74) is 1.82. The second-order valence-corrected chi connectivity index (χ2v) is 5.01. The minimum atomic E-state index is -0.368. The van der Waals surface area contributed by atoms with Crippen LogP contribution in [0.15, 0.2) is 51.8 Å². The van der Waals surface area contributed by atoms with Crippen molar-refractivity contribution in [3.05, 3.63) is 69.3 Å². The van der Waals surface area contributed by atoms with Crippen LogP contribution in [0.4, 0.5) is 0 Å². The van der Waals surface area contributed by atoms with E-state index in [1.54, 1.807) is 18.3 Å². The van der Waals surface area contributed by atoms with Crippen molar-refractivity contribution < 1.29 is 9.15 Å². The van der Waals surface area contributed by atoms with E-state index in [-0.39, 0.29) is 5.63 Å². The van der Waals surface area contributed by atoms with Gasteiger partial charge in [-0.3, -0.25) is 0 Å². The molecule has 0 atom stereocenters. The SMILES string of the molecule is Cc1cc(=O)oc2cc(OCc3cccnc3Cl)ccc12. The molecule has 0 aliphatic rings. The van der Waals surface area contributed by atoms with Gasteiger partial charge in [-0.2, -0.15) is 0 Å². The molecule has 3 aromatic rings. The third-order valence-corrected chi connectivity index (χ3v) is 3.49. The van der Waals surface area contributed by atoms with Gasteiger partial charge in [0.2, 0.25) is 0 Å². The number of benzene rings is 1. The van der Waals surface area contributed by atoms with Crippen molar-refractivity contribution in [1.29, 1.82) is 0 Å². The van der Waals surface area contributed by atoms with E-state index in [0.717, 1.165) is 16.5 Å². The number of nitrogens with zero attached hydrogens (tertiary/aromatic N) is 1. The van der Waals surface area contributed by atoms with E-state index in [0.29, 0.717) is 23.1 Å². The largest absolute Gasteiger partial charge is 0.489 e. The summed E-state index contributed by atoms with van der Waals surface area (Å²) in [6.45, 7) is 2.17. The summed E-state index contributed by atoms with van der Waals surface area (Å²) in [4.78, 5) is 15.4. The van der Waals surface area contributed by atoms with Gasteiger partial charge < -0.3 is 9.15 Å². The maximum atomic E-state index is 11.4. The van der Waals surface area contributed by atoms with Crippen LogP contribution < -0.4 is 10.4 Å². The average molecular weight is 302 g/mol. The maximum Gasteiger partial charge on any atom is 0.336 e. The van der Waals surface area contributed by atoms with Crippen LogP contribution in [0.3, 0.4) is 0 Å². The molecule has 0 fully saturated rings. The highest BCUT2D eigenvalue weighted by atomic mass is 35.5. The van der Waals surface area contributed by atoms with Gasteiger partial charge >= 0.3 is 5.63 Å². The number of aryl methyl sites for hydroxylation is 1. The molecule has 5 heteroatoms. The van der Waals surface area contributed by atoms with Gasteiger partial charge in [0.1, 0.15) is 23.1 Å². The Morgan fingerprint density at radius 1 is 1.29 bits per heavy atom. The predicted molar refractivity (Wildman–Crippen MR) is 80.8 cm³/mol. The first-order valence-corrected chi connectivity index (χ1v) is 6.78. The van der Waals surface area contributed by atoms with Crippen molar-refractivity contribution in [1.82, 2.24) is 4.98 Å². The van der Waals surface area contributed by atoms with E-state index >= 15 is 0 Å². The highest BCUT2D eigenvalue weighted by Crippen LogP contribution is 2.23. The molecule has 0 aliphatic carbocycles. The van der Waals surface area contributed by atoms with Gasteiger partial charge in [-0.05, 0) is 30.7 Å². The molecule has 0 aliphatic heterocycles. The molecule has 0 amide bonds. The van der Waals surface area contributed by atoms with Gasteiger partial charge in [0.25, 0.3) is 0 Å². The lowest BCUT2D eigenvalue weighted by Gasteiger charge is -2.08. The summed E-state index contributed by atoms with van der Waals surface area (Å²) in [7, 11) is 0. The topological polar surface area (TPSA) is 52.3 Å². The molecule has 3 rings (SSSR count). The molecule has 0 radical (unpaired) electrons. The van der Waals surface area contributed by atoms with Gasteiger partial charge in [-0.15, -0.1) is 0 Å². The molecule has 4 nitrogen and oxygen atoms in total. The third-order valence-electron chi connectivity index (χ3n) is 3.15. The zero-order valence-corrected chi connectivity index (χ0v) is 12.1. The highest BCUT2D eigenvalue weighted by molar-refractivity contribution is 6.30. The summed E-state index contributed by atoms with van der Waals surface area (Å²) < 4.78 is 10.9. The van der Waals surface area contributed by atoms with Crippen molar-refractivity contribution >= 4 is 22.6 Å². The van der Waals surface area contributed by atoms with Crippen molar-refractivity contribution in [2.45, 2.75) is 13.5 Å². The molecular weight excluding hydrogens is 290 g/mol. The fourth-order valence-corrected chi connectivity index (χ4v) is 2.26. The Morgan fingerprint density at radius 2 is 2.14 bits per heavy atom. The van der Waals surface area contributed by atoms with Crippen LogP contribution in [0.2, 0.25) is 5.15 Å². The minimum absolute atomic E-state index is 0.300. The van der Waals surface area contributed by atoms with Crippen LogP contribution in [-0.2, 0) is 6.61 Å². The molecule has 0 N–H and O–H groups in total. The fourth-order valence-electron chi connectivity index (χ4n) is 2.08. The normalized spacial score (nSPS) is 10.8. The Hall–Kier alpha value is -2.33. The van der Waals surface area contributed by atoms with Gasteiger partial charge in [-0.25, -0.2) is 9.78 Å². The van der Waals surface area contributed by atoms with E-state index < -0.39 is 0 Å². The quantitative estimate of drug-likeness (QED) is 0.546. The second-order valence-electron chi connectivity index (χ2n) is 4.65. The number of hydrogen-bond donors (Lipinski definition) is 0. The van der Waals surface area contributed by atoms with Gasteiger partial charge in [0.15, 0.2) is 0 Å². The van der Waals surface area contributed by atoms with Crippen molar-refractivity contribution in [3.63, 3.8) is 0 Å². The first-order chi connectivity index (χ1) is 10.1. The molecule has 1 aromatic carbocycles. The lowest BCUT2D eigenvalue weighted by atomic mass is 10.1. The van der Waals surface area contributed by atoms with E-state index in [4.69, 9.17) is 20.8 Å². The Labute approximate surface area is 126 Å². The van der Waals surface area contributed by atoms with Crippen LogP contribution in [0.1, 0.15) is 11.1 Å². The Bertz CT molecular complexity index is 858. The summed E-state index contributed by atoms with van der Waals surface area (Å²) >= 11 is 5.98.